The average Bonchev–Trinajstić information content (AvgIpc) is 2.61. The zero-order valence-electron chi connectivity index (χ0n) is 14.8. The highest BCUT2D eigenvalue weighted by atomic mass is 15.1. The lowest BCUT2D eigenvalue weighted by molar-refractivity contribution is 0.868. The third kappa shape index (κ3) is 4.53. The van der Waals surface area contributed by atoms with Gasteiger partial charge in [-0.15, -0.1) is 0 Å². The van der Waals surface area contributed by atoms with Crippen LogP contribution in [0.5, 0.6) is 0 Å². The van der Waals surface area contributed by atoms with Crippen molar-refractivity contribution in [2.24, 2.45) is 0 Å². The molecule has 2 aromatic heterocycles. The number of pyridine rings is 1. The second-order valence-corrected chi connectivity index (χ2v) is 6.26. The van der Waals surface area contributed by atoms with Crippen LogP contribution in [-0.4, -0.2) is 15.0 Å². The molecular weight excluding hydrogens is 310 g/mol. The van der Waals surface area contributed by atoms with Crippen molar-refractivity contribution in [1.29, 1.82) is 0 Å². The number of benzene rings is 1. The minimum absolute atomic E-state index is 0.426. The summed E-state index contributed by atoms with van der Waals surface area (Å²) in [5, 5.41) is 6.67. The Bertz CT molecular complexity index is 830. The topological polar surface area (TPSA) is 62.7 Å². The highest BCUT2D eigenvalue weighted by Gasteiger charge is 2.08. The van der Waals surface area contributed by atoms with Crippen molar-refractivity contribution >= 4 is 17.5 Å². The van der Waals surface area contributed by atoms with Crippen LogP contribution in [0.25, 0.3) is 0 Å². The van der Waals surface area contributed by atoms with Crippen molar-refractivity contribution in [3.05, 3.63) is 71.7 Å². The molecule has 0 aliphatic carbocycles. The van der Waals surface area contributed by atoms with Gasteiger partial charge < -0.3 is 10.6 Å². The van der Waals surface area contributed by atoms with Crippen molar-refractivity contribution < 1.29 is 0 Å². The van der Waals surface area contributed by atoms with Gasteiger partial charge in [0.1, 0.15) is 5.82 Å². The van der Waals surface area contributed by atoms with E-state index in [1.54, 1.807) is 6.20 Å². The molecule has 0 bridgehead atoms. The van der Waals surface area contributed by atoms with Gasteiger partial charge in [0.05, 0.1) is 12.2 Å². The van der Waals surface area contributed by atoms with E-state index in [-0.39, 0.29) is 0 Å². The van der Waals surface area contributed by atoms with Crippen molar-refractivity contribution in [2.75, 3.05) is 10.6 Å². The number of para-hydroxylation sites is 1. The standard InChI is InChI=1S/C20H23N5/c1-14(2)17-9-4-5-10-18(17)24-20-23-15(3)12-19(25-20)22-13-16-8-6-7-11-21-16/h4-12,14H,13H2,1-3H3,(H2,22,23,24,25). The number of hydrogen-bond acceptors (Lipinski definition) is 5. The molecule has 1 aromatic carbocycles. The largest absolute Gasteiger partial charge is 0.364 e. The fraction of sp³-hybridized carbons (Fsp3) is 0.250. The van der Waals surface area contributed by atoms with E-state index in [9.17, 15) is 0 Å². The Kier molecular flexibility index (Phi) is 5.23. The first-order valence-corrected chi connectivity index (χ1v) is 8.47. The summed E-state index contributed by atoms with van der Waals surface area (Å²) in [5.41, 5.74) is 4.16. The lowest BCUT2D eigenvalue weighted by atomic mass is 10.0. The van der Waals surface area contributed by atoms with E-state index in [1.807, 2.05) is 37.3 Å². The van der Waals surface area contributed by atoms with Crippen LogP contribution in [0.3, 0.4) is 0 Å². The summed E-state index contributed by atoms with van der Waals surface area (Å²) >= 11 is 0. The minimum Gasteiger partial charge on any atom is -0.364 e. The van der Waals surface area contributed by atoms with Crippen LogP contribution in [0.4, 0.5) is 17.5 Å². The molecule has 0 spiro atoms. The zero-order valence-corrected chi connectivity index (χ0v) is 14.8. The maximum Gasteiger partial charge on any atom is 0.229 e. The number of aromatic nitrogens is 3. The smallest absolute Gasteiger partial charge is 0.229 e. The first-order valence-electron chi connectivity index (χ1n) is 8.47. The van der Waals surface area contributed by atoms with Gasteiger partial charge in [-0.05, 0) is 36.6 Å². The van der Waals surface area contributed by atoms with Gasteiger partial charge in [0.15, 0.2) is 0 Å². The lowest BCUT2D eigenvalue weighted by Gasteiger charge is -2.14. The van der Waals surface area contributed by atoms with E-state index < -0.39 is 0 Å². The maximum absolute atomic E-state index is 4.58. The second-order valence-electron chi connectivity index (χ2n) is 6.26. The van der Waals surface area contributed by atoms with Gasteiger partial charge in [0.25, 0.3) is 0 Å². The molecule has 3 aromatic rings. The van der Waals surface area contributed by atoms with Crippen LogP contribution < -0.4 is 10.6 Å². The summed E-state index contributed by atoms with van der Waals surface area (Å²) in [6.07, 6.45) is 1.79. The number of anilines is 3. The summed E-state index contributed by atoms with van der Waals surface area (Å²) in [5.74, 6) is 1.80. The predicted molar refractivity (Wildman–Crippen MR) is 102 cm³/mol. The van der Waals surface area contributed by atoms with Crippen molar-refractivity contribution in [2.45, 2.75) is 33.2 Å². The summed E-state index contributed by atoms with van der Waals surface area (Å²) in [7, 11) is 0. The molecule has 2 heterocycles. The van der Waals surface area contributed by atoms with Crippen molar-refractivity contribution in [3.63, 3.8) is 0 Å². The van der Waals surface area contributed by atoms with E-state index in [0.29, 0.717) is 18.4 Å². The average molecular weight is 333 g/mol. The van der Waals surface area contributed by atoms with Crippen LogP contribution in [0.2, 0.25) is 0 Å². The molecule has 0 saturated heterocycles. The first kappa shape index (κ1) is 16.9. The molecule has 3 rings (SSSR count). The lowest BCUT2D eigenvalue weighted by Crippen LogP contribution is -2.07. The minimum atomic E-state index is 0.426. The van der Waals surface area contributed by atoms with E-state index >= 15 is 0 Å². The Labute approximate surface area is 148 Å². The fourth-order valence-corrected chi connectivity index (χ4v) is 2.63. The Hall–Kier alpha value is -2.95. The van der Waals surface area contributed by atoms with Crippen LogP contribution in [0.1, 0.15) is 36.7 Å². The number of nitrogens with zero attached hydrogens (tertiary/aromatic N) is 3. The van der Waals surface area contributed by atoms with Gasteiger partial charge in [-0.25, -0.2) is 4.98 Å². The quantitative estimate of drug-likeness (QED) is 0.687. The number of nitrogens with one attached hydrogen (secondary N) is 2. The van der Waals surface area contributed by atoms with Gasteiger partial charge in [-0.1, -0.05) is 38.1 Å². The molecule has 5 nitrogen and oxygen atoms in total. The van der Waals surface area contributed by atoms with E-state index in [2.05, 4.69) is 57.6 Å². The van der Waals surface area contributed by atoms with Gasteiger partial charge in [-0.3, -0.25) is 4.98 Å². The van der Waals surface area contributed by atoms with Crippen molar-refractivity contribution in [3.8, 4) is 0 Å². The molecular formula is C20H23N5. The van der Waals surface area contributed by atoms with Gasteiger partial charge in [0, 0.05) is 23.6 Å². The van der Waals surface area contributed by atoms with Crippen LogP contribution >= 0.6 is 0 Å². The SMILES string of the molecule is Cc1cc(NCc2ccccn2)nc(Nc2ccccc2C(C)C)n1. The summed E-state index contributed by atoms with van der Waals surface area (Å²) in [6.45, 7) is 6.95. The molecule has 0 fully saturated rings. The number of hydrogen-bond donors (Lipinski definition) is 2. The highest BCUT2D eigenvalue weighted by molar-refractivity contribution is 5.60. The predicted octanol–water partition coefficient (Wildman–Crippen LogP) is 4.66. The molecule has 0 aliphatic rings. The van der Waals surface area contributed by atoms with E-state index in [0.717, 1.165) is 22.9 Å². The van der Waals surface area contributed by atoms with Gasteiger partial charge in [0.2, 0.25) is 5.95 Å². The molecule has 5 heteroatoms. The molecule has 0 aliphatic heterocycles. The molecule has 0 amide bonds. The molecule has 0 radical (unpaired) electrons. The van der Waals surface area contributed by atoms with E-state index in [4.69, 9.17) is 0 Å². The fourth-order valence-electron chi connectivity index (χ4n) is 2.63. The van der Waals surface area contributed by atoms with Crippen LogP contribution in [-0.2, 0) is 6.54 Å². The zero-order chi connectivity index (χ0) is 17.6. The number of aryl methyl sites for hydroxylation is 1. The summed E-state index contributed by atoms with van der Waals surface area (Å²) in [4.78, 5) is 13.4. The number of rotatable bonds is 6. The Morgan fingerprint density at radius 1 is 1.00 bits per heavy atom. The molecule has 0 saturated carbocycles. The Morgan fingerprint density at radius 3 is 2.56 bits per heavy atom. The van der Waals surface area contributed by atoms with Gasteiger partial charge in [-0.2, -0.15) is 4.98 Å². The highest BCUT2D eigenvalue weighted by Crippen LogP contribution is 2.26. The molecule has 0 unspecified atom stereocenters. The molecule has 25 heavy (non-hydrogen) atoms. The summed E-state index contributed by atoms with van der Waals surface area (Å²) in [6, 6.07) is 16.1. The summed E-state index contributed by atoms with van der Waals surface area (Å²) < 4.78 is 0. The maximum atomic E-state index is 4.58. The molecule has 128 valence electrons. The third-order valence-corrected chi connectivity index (χ3v) is 3.86. The Morgan fingerprint density at radius 2 is 1.80 bits per heavy atom. The normalized spacial score (nSPS) is 10.7. The third-order valence-electron chi connectivity index (χ3n) is 3.86. The second kappa shape index (κ2) is 7.75. The van der Waals surface area contributed by atoms with E-state index in [1.165, 1.54) is 5.56 Å². The van der Waals surface area contributed by atoms with Crippen LogP contribution in [0.15, 0.2) is 54.7 Å². The van der Waals surface area contributed by atoms with Gasteiger partial charge >= 0.3 is 0 Å². The molecule has 0 atom stereocenters. The monoisotopic (exact) mass is 333 g/mol. The van der Waals surface area contributed by atoms with Crippen LogP contribution in [0, 0.1) is 6.92 Å². The Balaban J connectivity index is 1.78. The first-order chi connectivity index (χ1) is 12.1. The van der Waals surface area contributed by atoms with Crippen molar-refractivity contribution in [1.82, 2.24) is 15.0 Å². The molecule has 2 N–H and O–H groups in total.